The average molecular weight is 145 g/mol. The highest BCUT2D eigenvalue weighted by Gasteiger charge is 2.01. The Balaban J connectivity index is 3.24. The minimum atomic E-state index is -1.23. The van der Waals surface area contributed by atoms with Crippen LogP contribution in [-0.4, -0.2) is 15.8 Å². The van der Waals surface area contributed by atoms with Crippen LogP contribution < -0.4 is 4.87 Å². The molecule has 1 rings (SSSR count). The zero-order valence-electron chi connectivity index (χ0n) is 4.27. The Labute approximate surface area is 54.0 Å². The molecular weight excluding hydrogens is 142 g/mol. The van der Waals surface area contributed by atoms with Crippen LogP contribution in [0.5, 0.6) is 0 Å². The van der Waals surface area contributed by atoms with E-state index in [1.54, 1.807) is 0 Å². The van der Waals surface area contributed by atoms with Gasteiger partial charge in [-0.15, -0.1) is 0 Å². The standard InChI is InChI=1S/C4H3NO3S/c6-3(7)5-1-2-9-4(5)8/h1-2H,(H,6,7). The van der Waals surface area contributed by atoms with Gasteiger partial charge in [-0.05, 0) is 0 Å². The van der Waals surface area contributed by atoms with Crippen LogP contribution in [0.15, 0.2) is 16.4 Å². The second-order valence-corrected chi connectivity index (χ2v) is 2.18. The van der Waals surface area contributed by atoms with Crippen molar-refractivity contribution in [3.05, 3.63) is 21.2 Å². The number of thiazole rings is 1. The van der Waals surface area contributed by atoms with Crippen LogP contribution in [0, 0.1) is 0 Å². The van der Waals surface area contributed by atoms with Gasteiger partial charge in [-0.1, -0.05) is 11.3 Å². The third-order valence-electron chi connectivity index (χ3n) is 0.782. The average Bonchev–Trinajstić information content (AvgIpc) is 2.13. The van der Waals surface area contributed by atoms with Crippen LogP contribution >= 0.6 is 11.3 Å². The van der Waals surface area contributed by atoms with E-state index in [1.807, 2.05) is 0 Å². The van der Waals surface area contributed by atoms with Crippen molar-refractivity contribution in [2.24, 2.45) is 0 Å². The topological polar surface area (TPSA) is 59.3 Å². The van der Waals surface area contributed by atoms with Gasteiger partial charge in [-0.2, -0.15) is 0 Å². The molecule has 0 spiro atoms. The largest absolute Gasteiger partial charge is 0.464 e. The summed E-state index contributed by atoms with van der Waals surface area (Å²) in [6.45, 7) is 0. The molecule has 48 valence electrons. The zero-order chi connectivity index (χ0) is 6.85. The SMILES string of the molecule is O=C(O)n1ccsc1=O. The van der Waals surface area contributed by atoms with Crippen molar-refractivity contribution in [1.29, 1.82) is 0 Å². The molecule has 0 aromatic carbocycles. The maximum Gasteiger partial charge on any atom is 0.419 e. The molecule has 0 atom stereocenters. The summed E-state index contributed by atoms with van der Waals surface area (Å²) in [7, 11) is 0. The van der Waals surface area contributed by atoms with Gasteiger partial charge in [0.25, 0.3) is 0 Å². The van der Waals surface area contributed by atoms with Gasteiger partial charge >= 0.3 is 11.0 Å². The normalized spacial score (nSPS) is 9.33. The van der Waals surface area contributed by atoms with E-state index in [0.717, 1.165) is 11.3 Å². The van der Waals surface area contributed by atoms with Crippen molar-refractivity contribution in [3.8, 4) is 0 Å². The Morgan fingerprint density at radius 3 is 2.67 bits per heavy atom. The van der Waals surface area contributed by atoms with E-state index in [1.165, 1.54) is 11.6 Å². The van der Waals surface area contributed by atoms with Gasteiger partial charge in [0.05, 0.1) is 0 Å². The van der Waals surface area contributed by atoms with Crippen molar-refractivity contribution in [1.82, 2.24) is 4.57 Å². The van der Waals surface area contributed by atoms with Gasteiger partial charge in [-0.25, -0.2) is 9.36 Å². The molecule has 0 unspecified atom stereocenters. The smallest absolute Gasteiger partial charge is 0.419 e. The number of carboxylic acid groups (broad SMARTS) is 1. The number of carbonyl (C=O) groups is 1. The Bertz CT molecular complexity index is 273. The molecule has 0 radical (unpaired) electrons. The Morgan fingerprint density at radius 1 is 1.78 bits per heavy atom. The van der Waals surface area contributed by atoms with Gasteiger partial charge in [0.1, 0.15) is 0 Å². The molecule has 5 heteroatoms. The maximum atomic E-state index is 10.5. The Morgan fingerprint density at radius 2 is 2.44 bits per heavy atom. The molecule has 0 aliphatic heterocycles. The molecule has 1 N–H and O–H groups in total. The molecule has 1 aromatic heterocycles. The molecule has 0 amide bonds. The first kappa shape index (κ1) is 6.03. The molecule has 0 fully saturated rings. The fourth-order valence-corrected chi connectivity index (χ4v) is 0.960. The number of hydrogen-bond donors (Lipinski definition) is 1. The van der Waals surface area contributed by atoms with Crippen LogP contribution in [-0.2, 0) is 0 Å². The molecule has 0 aliphatic rings. The van der Waals surface area contributed by atoms with Crippen LogP contribution in [0.1, 0.15) is 0 Å². The maximum absolute atomic E-state index is 10.5. The molecule has 9 heavy (non-hydrogen) atoms. The minimum absolute atomic E-state index is 0.470. The van der Waals surface area contributed by atoms with Crippen molar-refractivity contribution in [2.75, 3.05) is 0 Å². The van der Waals surface area contributed by atoms with Crippen molar-refractivity contribution >= 4 is 17.4 Å². The summed E-state index contributed by atoms with van der Waals surface area (Å²) in [6, 6.07) is 0. The number of aromatic nitrogens is 1. The number of rotatable bonds is 0. The highest BCUT2D eigenvalue weighted by atomic mass is 32.1. The molecule has 0 bridgehead atoms. The minimum Gasteiger partial charge on any atom is -0.464 e. The Hall–Kier alpha value is -1.10. The van der Waals surface area contributed by atoms with Crippen LogP contribution in [0.2, 0.25) is 0 Å². The molecule has 1 aromatic rings. The summed E-state index contributed by atoms with van der Waals surface area (Å²) in [5, 5.41) is 9.65. The monoisotopic (exact) mass is 145 g/mol. The fraction of sp³-hybridized carbons (Fsp3) is 0. The first-order valence-corrected chi connectivity index (χ1v) is 2.99. The summed E-state index contributed by atoms with van der Waals surface area (Å²) < 4.78 is 0.630. The zero-order valence-corrected chi connectivity index (χ0v) is 5.09. The molecular formula is C4H3NO3S. The number of hydrogen-bond acceptors (Lipinski definition) is 3. The van der Waals surface area contributed by atoms with E-state index in [4.69, 9.17) is 5.11 Å². The lowest BCUT2D eigenvalue weighted by atomic mass is 10.9. The van der Waals surface area contributed by atoms with Crippen molar-refractivity contribution in [3.63, 3.8) is 0 Å². The predicted octanol–water partition coefficient (Wildman–Crippen LogP) is 0.436. The van der Waals surface area contributed by atoms with E-state index < -0.39 is 11.0 Å². The van der Waals surface area contributed by atoms with E-state index in [-0.39, 0.29) is 0 Å². The van der Waals surface area contributed by atoms with Crippen molar-refractivity contribution < 1.29 is 9.90 Å². The lowest BCUT2D eigenvalue weighted by Gasteiger charge is -1.85. The number of nitrogens with zero attached hydrogens (tertiary/aromatic N) is 1. The van der Waals surface area contributed by atoms with Crippen LogP contribution in [0.25, 0.3) is 0 Å². The summed E-state index contributed by atoms with van der Waals surface area (Å²) in [6.07, 6.45) is -0.0174. The highest BCUT2D eigenvalue weighted by Crippen LogP contribution is 1.86. The summed E-state index contributed by atoms with van der Waals surface area (Å²) in [4.78, 5) is 20.0. The third-order valence-corrected chi connectivity index (χ3v) is 1.44. The van der Waals surface area contributed by atoms with Crippen LogP contribution in [0.3, 0.4) is 0 Å². The van der Waals surface area contributed by atoms with Gasteiger partial charge < -0.3 is 5.11 Å². The van der Waals surface area contributed by atoms with E-state index in [2.05, 4.69) is 0 Å². The third kappa shape index (κ3) is 0.996. The molecule has 0 saturated carbocycles. The summed E-state index contributed by atoms with van der Waals surface area (Å²) in [5.41, 5.74) is 0. The quantitative estimate of drug-likeness (QED) is 0.576. The molecule has 4 nitrogen and oxygen atoms in total. The van der Waals surface area contributed by atoms with Gasteiger partial charge in [0.2, 0.25) is 0 Å². The first-order chi connectivity index (χ1) is 4.22. The van der Waals surface area contributed by atoms with Gasteiger partial charge in [0.15, 0.2) is 0 Å². The van der Waals surface area contributed by atoms with E-state index in [0.29, 0.717) is 4.57 Å². The summed E-state index contributed by atoms with van der Waals surface area (Å²) >= 11 is 0.859. The second kappa shape index (κ2) is 2.02. The second-order valence-electron chi connectivity index (χ2n) is 1.32. The van der Waals surface area contributed by atoms with Gasteiger partial charge in [-0.3, -0.25) is 4.79 Å². The summed E-state index contributed by atoms with van der Waals surface area (Å²) in [5.74, 6) is 0. The highest BCUT2D eigenvalue weighted by molar-refractivity contribution is 7.07. The van der Waals surface area contributed by atoms with E-state index >= 15 is 0 Å². The van der Waals surface area contributed by atoms with Crippen LogP contribution in [0.4, 0.5) is 4.79 Å². The van der Waals surface area contributed by atoms with Crippen molar-refractivity contribution in [2.45, 2.75) is 0 Å². The van der Waals surface area contributed by atoms with Gasteiger partial charge in [0, 0.05) is 11.6 Å². The lowest BCUT2D eigenvalue weighted by molar-refractivity contribution is 0.196. The first-order valence-electron chi connectivity index (χ1n) is 2.11. The predicted molar refractivity (Wildman–Crippen MR) is 32.0 cm³/mol. The Kier molecular flexibility index (Phi) is 1.35. The molecule has 0 saturated heterocycles. The lowest BCUT2D eigenvalue weighted by Crippen LogP contribution is -2.18. The molecule has 1 heterocycles. The van der Waals surface area contributed by atoms with E-state index in [9.17, 15) is 9.59 Å². The fourth-order valence-electron chi connectivity index (χ4n) is 0.409. The molecule has 0 aliphatic carbocycles.